The third kappa shape index (κ3) is 5.50. The number of amides is 4. The Morgan fingerprint density at radius 2 is 1.79 bits per heavy atom. The number of nitrogens with one attached hydrogen (secondary N) is 2. The lowest BCUT2D eigenvalue weighted by Crippen LogP contribution is -2.51. The molecule has 2 aliphatic rings. The number of benzene rings is 1. The van der Waals surface area contributed by atoms with Crippen molar-refractivity contribution in [1.29, 1.82) is 0 Å². The zero-order valence-electron chi connectivity index (χ0n) is 20.9. The maximum atomic E-state index is 13.2. The van der Waals surface area contributed by atoms with Gasteiger partial charge in [-0.25, -0.2) is 4.79 Å². The molecule has 1 saturated heterocycles. The molecule has 182 valence electrons. The van der Waals surface area contributed by atoms with Gasteiger partial charge in [0.25, 0.3) is 5.91 Å². The highest BCUT2D eigenvalue weighted by Gasteiger charge is 2.53. The monoisotopic (exact) mass is 457 g/mol. The van der Waals surface area contributed by atoms with Crippen LogP contribution in [0.3, 0.4) is 0 Å². The van der Waals surface area contributed by atoms with E-state index in [4.69, 9.17) is 4.74 Å². The molecule has 1 saturated carbocycles. The summed E-state index contributed by atoms with van der Waals surface area (Å²) in [5, 5.41) is 5.81. The number of urea groups is 1. The van der Waals surface area contributed by atoms with Gasteiger partial charge in [0.1, 0.15) is 17.8 Å². The molecule has 7 nitrogen and oxygen atoms in total. The van der Waals surface area contributed by atoms with Gasteiger partial charge in [0.05, 0.1) is 12.1 Å². The maximum absolute atomic E-state index is 13.2. The number of carbonyl (C=O) groups is 3. The lowest BCUT2D eigenvalue weighted by molar-refractivity contribution is -0.136. The van der Waals surface area contributed by atoms with Gasteiger partial charge < -0.3 is 15.4 Å². The van der Waals surface area contributed by atoms with E-state index >= 15 is 0 Å². The molecule has 1 heterocycles. The number of nitrogens with zero attached hydrogens (tertiary/aromatic N) is 1. The Bertz CT molecular complexity index is 870. The molecule has 1 spiro atoms. The summed E-state index contributed by atoms with van der Waals surface area (Å²) in [5.41, 5.74) is 0.294. The molecule has 0 bridgehead atoms. The van der Waals surface area contributed by atoms with Crippen LogP contribution in [0.15, 0.2) is 24.3 Å². The predicted molar refractivity (Wildman–Crippen MR) is 128 cm³/mol. The minimum absolute atomic E-state index is 0.0913. The van der Waals surface area contributed by atoms with Crippen molar-refractivity contribution in [3.63, 3.8) is 0 Å². The minimum atomic E-state index is -0.852. The second-order valence-corrected chi connectivity index (χ2v) is 10.5. The Hall–Kier alpha value is -2.57. The van der Waals surface area contributed by atoms with Crippen molar-refractivity contribution >= 4 is 17.8 Å². The quantitative estimate of drug-likeness (QED) is 0.560. The highest BCUT2D eigenvalue weighted by molar-refractivity contribution is 6.09. The van der Waals surface area contributed by atoms with Gasteiger partial charge in [-0.2, -0.15) is 0 Å². The van der Waals surface area contributed by atoms with Crippen LogP contribution in [-0.4, -0.2) is 40.9 Å². The Morgan fingerprint density at radius 3 is 2.33 bits per heavy atom. The van der Waals surface area contributed by atoms with E-state index in [2.05, 4.69) is 31.4 Å². The predicted octanol–water partition coefficient (Wildman–Crippen LogP) is 4.57. The summed E-state index contributed by atoms with van der Waals surface area (Å²) < 4.78 is 5.65. The third-order valence-corrected chi connectivity index (χ3v) is 7.53. The Balaban J connectivity index is 1.57. The highest BCUT2D eigenvalue weighted by Crippen LogP contribution is 2.45. The second kappa shape index (κ2) is 9.74. The van der Waals surface area contributed by atoms with Crippen molar-refractivity contribution in [2.75, 3.05) is 6.54 Å². The van der Waals surface area contributed by atoms with E-state index in [-0.39, 0.29) is 35.9 Å². The van der Waals surface area contributed by atoms with E-state index in [9.17, 15) is 14.4 Å². The number of rotatable bonds is 8. The van der Waals surface area contributed by atoms with Crippen LogP contribution < -0.4 is 15.4 Å². The SMILES string of the molecule is CCC(C)(C)C1CCC2(CC1)NC(=O)N(CC(=O)NC(C)c1ccc(OC(C)C)cc1)C2=O. The van der Waals surface area contributed by atoms with Gasteiger partial charge in [-0.15, -0.1) is 0 Å². The first-order chi connectivity index (χ1) is 15.5. The number of ether oxygens (including phenoxy) is 1. The Labute approximate surface area is 197 Å². The molecule has 33 heavy (non-hydrogen) atoms. The van der Waals surface area contributed by atoms with E-state index < -0.39 is 11.6 Å². The first-order valence-electron chi connectivity index (χ1n) is 12.2. The molecule has 1 aromatic carbocycles. The van der Waals surface area contributed by atoms with Gasteiger partial charge in [-0.3, -0.25) is 14.5 Å². The third-order valence-electron chi connectivity index (χ3n) is 7.53. The zero-order valence-corrected chi connectivity index (χ0v) is 20.9. The lowest BCUT2D eigenvalue weighted by Gasteiger charge is -2.42. The van der Waals surface area contributed by atoms with Crippen molar-refractivity contribution in [2.24, 2.45) is 11.3 Å². The van der Waals surface area contributed by atoms with Crippen LogP contribution in [0.25, 0.3) is 0 Å². The molecular formula is C26H39N3O4. The average Bonchev–Trinajstić information content (AvgIpc) is 2.98. The molecule has 1 aliphatic carbocycles. The van der Waals surface area contributed by atoms with Crippen LogP contribution in [-0.2, 0) is 9.59 Å². The van der Waals surface area contributed by atoms with Crippen LogP contribution in [0.2, 0.25) is 0 Å². The topological polar surface area (TPSA) is 87.7 Å². The summed E-state index contributed by atoms with van der Waals surface area (Å²) in [6, 6.07) is 6.83. The zero-order chi connectivity index (χ0) is 24.4. The molecule has 1 atom stereocenters. The molecule has 1 aromatic rings. The van der Waals surface area contributed by atoms with Crippen molar-refractivity contribution in [1.82, 2.24) is 15.5 Å². The fourth-order valence-electron chi connectivity index (χ4n) is 4.96. The first-order valence-corrected chi connectivity index (χ1v) is 12.2. The van der Waals surface area contributed by atoms with Crippen LogP contribution >= 0.6 is 0 Å². The summed E-state index contributed by atoms with van der Waals surface area (Å²) >= 11 is 0. The first kappa shape index (κ1) is 25.1. The molecular weight excluding hydrogens is 418 g/mol. The van der Waals surface area contributed by atoms with Gasteiger partial charge in [0.2, 0.25) is 5.91 Å². The molecule has 2 N–H and O–H groups in total. The van der Waals surface area contributed by atoms with E-state index in [1.54, 1.807) is 0 Å². The van der Waals surface area contributed by atoms with Crippen LogP contribution in [0.5, 0.6) is 5.75 Å². The normalized spacial score (nSPS) is 24.2. The van der Waals surface area contributed by atoms with E-state index in [0.717, 1.165) is 35.5 Å². The molecule has 0 aromatic heterocycles. The van der Waals surface area contributed by atoms with Gasteiger partial charge in [0.15, 0.2) is 0 Å². The van der Waals surface area contributed by atoms with Crippen molar-refractivity contribution in [3.05, 3.63) is 29.8 Å². The number of carbonyl (C=O) groups excluding carboxylic acids is 3. The second-order valence-electron chi connectivity index (χ2n) is 10.5. The Morgan fingerprint density at radius 1 is 1.18 bits per heavy atom. The molecule has 4 amide bonds. The summed E-state index contributed by atoms with van der Waals surface area (Å²) in [6.45, 7) is 12.3. The van der Waals surface area contributed by atoms with Crippen molar-refractivity contribution < 1.29 is 19.1 Å². The summed E-state index contributed by atoms with van der Waals surface area (Å²) in [5.74, 6) is 0.687. The van der Waals surface area contributed by atoms with Gasteiger partial charge in [-0.05, 0) is 75.5 Å². The largest absolute Gasteiger partial charge is 0.491 e. The molecule has 1 unspecified atom stereocenters. The highest BCUT2D eigenvalue weighted by atomic mass is 16.5. The fourth-order valence-corrected chi connectivity index (χ4v) is 4.96. The van der Waals surface area contributed by atoms with Crippen LogP contribution in [0.4, 0.5) is 4.79 Å². The number of imide groups is 1. The molecule has 2 fully saturated rings. The minimum Gasteiger partial charge on any atom is -0.491 e. The van der Waals surface area contributed by atoms with Gasteiger partial charge >= 0.3 is 6.03 Å². The van der Waals surface area contributed by atoms with E-state index in [0.29, 0.717) is 18.8 Å². The molecule has 1 aliphatic heterocycles. The fraction of sp³-hybridized carbons (Fsp3) is 0.654. The van der Waals surface area contributed by atoms with E-state index in [1.807, 2.05) is 45.0 Å². The van der Waals surface area contributed by atoms with Gasteiger partial charge in [0, 0.05) is 0 Å². The molecule has 7 heteroatoms. The van der Waals surface area contributed by atoms with Crippen molar-refractivity contribution in [2.45, 2.75) is 91.3 Å². The van der Waals surface area contributed by atoms with Crippen LogP contribution in [0, 0.1) is 11.3 Å². The standard InChI is InChI=1S/C26H39N3O4/c1-7-25(5,6)20-12-14-26(15-13-20)23(31)29(24(32)28-26)16-22(30)27-18(4)19-8-10-21(11-9-19)33-17(2)3/h8-11,17-18,20H,7,12-16H2,1-6H3,(H,27,30)(H,28,32). The smallest absolute Gasteiger partial charge is 0.325 e. The lowest BCUT2D eigenvalue weighted by atomic mass is 9.65. The van der Waals surface area contributed by atoms with Crippen molar-refractivity contribution in [3.8, 4) is 5.75 Å². The molecule has 3 rings (SSSR count). The number of hydrogen-bond acceptors (Lipinski definition) is 4. The summed E-state index contributed by atoms with van der Waals surface area (Å²) in [4.78, 5) is 39.5. The number of hydrogen-bond donors (Lipinski definition) is 2. The molecule has 0 radical (unpaired) electrons. The van der Waals surface area contributed by atoms with Crippen LogP contribution in [0.1, 0.15) is 85.3 Å². The van der Waals surface area contributed by atoms with Gasteiger partial charge in [-0.1, -0.05) is 39.3 Å². The maximum Gasteiger partial charge on any atom is 0.325 e. The van der Waals surface area contributed by atoms with E-state index in [1.165, 1.54) is 0 Å². The summed E-state index contributed by atoms with van der Waals surface area (Å²) in [7, 11) is 0. The average molecular weight is 458 g/mol. The summed E-state index contributed by atoms with van der Waals surface area (Å²) in [6.07, 6.45) is 4.24. The Kier molecular flexibility index (Phi) is 7.39.